The van der Waals surface area contributed by atoms with Crippen LogP contribution >= 0.6 is 11.6 Å². The Hall–Kier alpha value is -3.06. The van der Waals surface area contributed by atoms with Gasteiger partial charge in [0.15, 0.2) is 17.2 Å². The van der Waals surface area contributed by atoms with Gasteiger partial charge in [0.25, 0.3) is 5.91 Å². The summed E-state index contributed by atoms with van der Waals surface area (Å²) in [6.45, 7) is 1.02. The van der Waals surface area contributed by atoms with Crippen molar-refractivity contribution in [2.24, 2.45) is 0 Å². The summed E-state index contributed by atoms with van der Waals surface area (Å²) in [5.74, 6) is 1.10. The number of nitrogens with one attached hydrogen (secondary N) is 1. The van der Waals surface area contributed by atoms with Gasteiger partial charge in [-0.05, 0) is 29.3 Å². The van der Waals surface area contributed by atoms with Crippen molar-refractivity contribution in [2.45, 2.75) is 13.1 Å². The van der Waals surface area contributed by atoms with Crippen molar-refractivity contribution >= 4 is 17.5 Å². The van der Waals surface area contributed by atoms with Crippen LogP contribution in [0.4, 0.5) is 0 Å². The highest BCUT2D eigenvalue weighted by molar-refractivity contribution is 6.31. The number of rotatable bonds is 5. The molecule has 0 unspecified atom stereocenters. The Balaban J connectivity index is 1.38. The van der Waals surface area contributed by atoms with E-state index in [0.717, 1.165) is 11.1 Å². The molecule has 0 atom stereocenters. The van der Waals surface area contributed by atoms with E-state index in [1.54, 1.807) is 10.9 Å². The normalized spacial score (nSPS) is 12.2. The highest BCUT2D eigenvalue weighted by Crippen LogP contribution is 2.32. The summed E-state index contributed by atoms with van der Waals surface area (Å²) in [5, 5.41) is 11.4. The highest BCUT2D eigenvalue weighted by atomic mass is 35.5. The van der Waals surface area contributed by atoms with Gasteiger partial charge in [-0.25, -0.2) is 4.68 Å². The second-order valence-electron chi connectivity index (χ2n) is 5.76. The average Bonchev–Trinajstić information content (AvgIpc) is 3.30. The summed E-state index contributed by atoms with van der Waals surface area (Å²) >= 11 is 6.14. The van der Waals surface area contributed by atoms with Gasteiger partial charge in [-0.3, -0.25) is 4.79 Å². The maximum absolute atomic E-state index is 12.3. The van der Waals surface area contributed by atoms with Crippen LogP contribution in [0.1, 0.15) is 21.6 Å². The van der Waals surface area contributed by atoms with Crippen LogP contribution in [0.3, 0.4) is 0 Å². The van der Waals surface area contributed by atoms with Gasteiger partial charge in [-0.1, -0.05) is 41.1 Å². The van der Waals surface area contributed by atoms with Crippen molar-refractivity contribution in [1.82, 2.24) is 20.3 Å². The van der Waals surface area contributed by atoms with E-state index in [0.29, 0.717) is 29.6 Å². The molecule has 1 amide bonds. The smallest absolute Gasteiger partial charge is 0.273 e. The Kier molecular flexibility index (Phi) is 4.45. The zero-order valence-electron chi connectivity index (χ0n) is 13.7. The molecule has 2 heterocycles. The van der Waals surface area contributed by atoms with Gasteiger partial charge in [0.05, 0.1) is 12.7 Å². The fourth-order valence-electron chi connectivity index (χ4n) is 2.60. The molecule has 0 bridgehead atoms. The van der Waals surface area contributed by atoms with Gasteiger partial charge in [0.2, 0.25) is 6.79 Å². The molecule has 7 nitrogen and oxygen atoms in total. The molecular weight excluding hydrogens is 356 g/mol. The van der Waals surface area contributed by atoms with Crippen LogP contribution in [0.5, 0.6) is 11.5 Å². The van der Waals surface area contributed by atoms with E-state index in [9.17, 15) is 4.79 Å². The van der Waals surface area contributed by atoms with Crippen LogP contribution in [0.15, 0.2) is 48.7 Å². The molecule has 0 spiro atoms. The van der Waals surface area contributed by atoms with Gasteiger partial charge in [0, 0.05) is 11.6 Å². The Morgan fingerprint density at radius 1 is 1.19 bits per heavy atom. The summed E-state index contributed by atoms with van der Waals surface area (Å²) in [7, 11) is 0. The molecule has 132 valence electrons. The fraction of sp³-hybridized carbons (Fsp3) is 0.167. The number of amides is 1. The molecule has 2 aromatic carbocycles. The Labute approximate surface area is 154 Å². The maximum atomic E-state index is 12.3. The minimum atomic E-state index is -0.298. The Bertz CT molecular complexity index is 957. The van der Waals surface area contributed by atoms with Crippen LogP contribution in [0.25, 0.3) is 0 Å². The third-order valence-corrected chi connectivity index (χ3v) is 4.32. The maximum Gasteiger partial charge on any atom is 0.273 e. The van der Waals surface area contributed by atoms with Crippen molar-refractivity contribution < 1.29 is 14.3 Å². The average molecular weight is 371 g/mol. The van der Waals surface area contributed by atoms with Crippen molar-refractivity contribution in [3.63, 3.8) is 0 Å². The van der Waals surface area contributed by atoms with Gasteiger partial charge < -0.3 is 14.8 Å². The monoisotopic (exact) mass is 370 g/mol. The minimum absolute atomic E-state index is 0.222. The predicted molar refractivity (Wildman–Crippen MR) is 94.3 cm³/mol. The number of hydrogen-bond donors (Lipinski definition) is 1. The molecule has 0 radical (unpaired) electrons. The zero-order chi connectivity index (χ0) is 17.9. The fourth-order valence-corrected chi connectivity index (χ4v) is 2.80. The van der Waals surface area contributed by atoms with Crippen molar-refractivity contribution in [3.05, 3.63) is 70.5 Å². The number of benzene rings is 2. The number of hydrogen-bond acceptors (Lipinski definition) is 5. The first-order chi connectivity index (χ1) is 12.7. The van der Waals surface area contributed by atoms with Crippen molar-refractivity contribution in [2.75, 3.05) is 6.79 Å². The summed E-state index contributed by atoms with van der Waals surface area (Å²) in [4.78, 5) is 12.3. The quantitative estimate of drug-likeness (QED) is 0.747. The summed E-state index contributed by atoms with van der Waals surface area (Å²) in [5.41, 5.74) is 2.07. The molecule has 8 heteroatoms. The molecule has 3 aromatic rings. The molecule has 1 aromatic heterocycles. The number of ether oxygens (including phenoxy) is 2. The summed E-state index contributed by atoms with van der Waals surface area (Å²) in [6, 6.07) is 13.0. The lowest BCUT2D eigenvalue weighted by molar-refractivity contribution is 0.0945. The van der Waals surface area contributed by atoms with Crippen molar-refractivity contribution in [3.8, 4) is 11.5 Å². The number of carbonyl (C=O) groups is 1. The second kappa shape index (κ2) is 7.05. The lowest BCUT2D eigenvalue weighted by Gasteiger charge is -2.04. The first-order valence-corrected chi connectivity index (χ1v) is 8.37. The zero-order valence-corrected chi connectivity index (χ0v) is 14.4. The third kappa shape index (κ3) is 3.48. The molecule has 0 aliphatic carbocycles. The van der Waals surface area contributed by atoms with E-state index < -0.39 is 0 Å². The molecular formula is C18H15ClN4O3. The van der Waals surface area contributed by atoms with Crippen LogP contribution in [0.2, 0.25) is 5.02 Å². The molecule has 26 heavy (non-hydrogen) atoms. The van der Waals surface area contributed by atoms with E-state index in [2.05, 4.69) is 15.6 Å². The first-order valence-electron chi connectivity index (χ1n) is 7.99. The Morgan fingerprint density at radius 3 is 2.92 bits per heavy atom. The van der Waals surface area contributed by atoms with E-state index >= 15 is 0 Å². The van der Waals surface area contributed by atoms with Gasteiger partial charge >= 0.3 is 0 Å². The highest BCUT2D eigenvalue weighted by Gasteiger charge is 2.15. The number of aromatic nitrogens is 3. The van der Waals surface area contributed by atoms with E-state index in [1.165, 1.54) is 0 Å². The topological polar surface area (TPSA) is 78.3 Å². The largest absolute Gasteiger partial charge is 0.454 e. The molecule has 1 aliphatic rings. The number of fused-ring (bicyclic) bond motifs is 1. The summed E-state index contributed by atoms with van der Waals surface area (Å²) in [6.07, 6.45) is 1.60. The number of halogens is 1. The molecule has 1 N–H and O–H groups in total. The lowest BCUT2D eigenvalue weighted by atomic mass is 10.2. The van der Waals surface area contributed by atoms with Gasteiger partial charge in [0.1, 0.15) is 0 Å². The number of nitrogens with zero attached hydrogens (tertiary/aromatic N) is 3. The van der Waals surface area contributed by atoms with Gasteiger partial charge in [-0.2, -0.15) is 0 Å². The lowest BCUT2D eigenvalue weighted by Crippen LogP contribution is -2.23. The molecule has 1 aliphatic heterocycles. The van der Waals surface area contributed by atoms with Crippen LogP contribution in [0, 0.1) is 0 Å². The van der Waals surface area contributed by atoms with E-state index in [-0.39, 0.29) is 18.4 Å². The minimum Gasteiger partial charge on any atom is -0.454 e. The van der Waals surface area contributed by atoms with Crippen LogP contribution in [-0.4, -0.2) is 27.7 Å². The Morgan fingerprint density at radius 2 is 2.04 bits per heavy atom. The molecule has 4 rings (SSSR count). The first kappa shape index (κ1) is 16.4. The molecule has 0 fully saturated rings. The standard InChI is InChI=1S/C18H15ClN4O3/c19-14-4-2-1-3-13(14)9-23-10-15(21-22-23)18(24)20-8-12-5-6-16-17(7-12)26-11-25-16/h1-7,10H,8-9,11H2,(H,20,24). The molecule has 0 saturated carbocycles. The predicted octanol–water partition coefficient (Wildman–Crippen LogP) is 2.64. The van der Waals surface area contributed by atoms with Crippen molar-refractivity contribution in [1.29, 1.82) is 0 Å². The molecule has 0 saturated heterocycles. The van der Waals surface area contributed by atoms with E-state index in [4.69, 9.17) is 21.1 Å². The van der Waals surface area contributed by atoms with Crippen LogP contribution in [-0.2, 0) is 13.1 Å². The van der Waals surface area contributed by atoms with Gasteiger partial charge in [-0.15, -0.1) is 5.10 Å². The second-order valence-corrected chi connectivity index (χ2v) is 6.17. The number of carbonyl (C=O) groups excluding carboxylic acids is 1. The van der Waals surface area contributed by atoms with Crippen LogP contribution < -0.4 is 14.8 Å². The summed E-state index contributed by atoms with van der Waals surface area (Å²) < 4.78 is 12.2. The van der Waals surface area contributed by atoms with E-state index in [1.807, 2.05) is 42.5 Å². The third-order valence-electron chi connectivity index (χ3n) is 3.95. The SMILES string of the molecule is O=C(NCc1ccc2c(c1)OCO2)c1cn(Cc2ccccc2Cl)nn1.